The molecule has 1 aromatic carbocycles. The van der Waals surface area contributed by atoms with Crippen molar-refractivity contribution in [2.45, 2.75) is 0 Å². The van der Waals surface area contributed by atoms with Gasteiger partial charge in [-0.3, -0.25) is 10.1 Å². The maximum absolute atomic E-state index is 13.0. The van der Waals surface area contributed by atoms with Gasteiger partial charge in [-0.05, 0) is 30.3 Å². The van der Waals surface area contributed by atoms with Crippen molar-refractivity contribution in [3.8, 4) is 10.8 Å². The van der Waals surface area contributed by atoms with Crippen molar-refractivity contribution >= 4 is 22.4 Å². The zero-order valence-electron chi connectivity index (χ0n) is 10.0. The van der Waals surface area contributed by atoms with Crippen LogP contribution in [0.3, 0.4) is 0 Å². The Hall–Kier alpha value is -2.54. The van der Waals surface area contributed by atoms with E-state index in [0.717, 1.165) is 6.07 Å². The summed E-state index contributed by atoms with van der Waals surface area (Å²) in [5.41, 5.74) is 0.222. The molecule has 3 rings (SSSR count). The molecule has 7 heteroatoms. The Balaban J connectivity index is 1.77. The highest BCUT2D eigenvalue weighted by atomic mass is 32.1. The molecular weight excluding hydrogens is 281 g/mol. The minimum Gasteiger partial charge on any atom is -0.462 e. The number of hydrogen-bond acceptors (Lipinski definition) is 5. The van der Waals surface area contributed by atoms with Gasteiger partial charge < -0.3 is 4.42 Å². The number of nitrogens with zero attached hydrogens (tertiary/aromatic N) is 2. The lowest BCUT2D eigenvalue weighted by Gasteiger charge is -2.00. The van der Waals surface area contributed by atoms with Gasteiger partial charge in [-0.15, -0.1) is 10.2 Å². The topological polar surface area (TPSA) is 68.0 Å². The number of halogens is 1. The van der Waals surface area contributed by atoms with Crippen LogP contribution in [0.1, 0.15) is 10.4 Å². The third-order valence-electron chi connectivity index (χ3n) is 2.46. The van der Waals surface area contributed by atoms with E-state index in [1.165, 1.54) is 35.8 Å². The smallest absolute Gasteiger partial charge is 0.257 e. The van der Waals surface area contributed by atoms with Crippen molar-refractivity contribution in [2.24, 2.45) is 0 Å². The predicted molar refractivity (Wildman–Crippen MR) is 72.0 cm³/mol. The molecule has 2 aromatic heterocycles. The van der Waals surface area contributed by atoms with Gasteiger partial charge in [0.25, 0.3) is 5.91 Å². The molecule has 0 bridgehead atoms. The van der Waals surface area contributed by atoms with E-state index in [0.29, 0.717) is 15.9 Å². The summed E-state index contributed by atoms with van der Waals surface area (Å²) < 4.78 is 18.2. The first-order valence-electron chi connectivity index (χ1n) is 5.67. The van der Waals surface area contributed by atoms with Crippen molar-refractivity contribution in [1.29, 1.82) is 0 Å². The average molecular weight is 289 g/mol. The molecule has 1 amide bonds. The SMILES string of the molecule is O=C(Nc1nnc(-c2ccco2)s1)c1cccc(F)c1. The van der Waals surface area contributed by atoms with Gasteiger partial charge in [-0.2, -0.15) is 0 Å². The molecule has 0 aliphatic rings. The van der Waals surface area contributed by atoms with Gasteiger partial charge in [-0.25, -0.2) is 4.39 Å². The molecule has 1 N–H and O–H groups in total. The van der Waals surface area contributed by atoms with Crippen LogP contribution in [0.25, 0.3) is 10.8 Å². The van der Waals surface area contributed by atoms with E-state index in [2.05, 4.69) is 15.5 Å². The van der Waals surface area contributed by atoms with Gasteiger partial charge in [0.1, 0.15) is 5.82 Å². The molecule has 0 aliphatic carbocycles. The largest absolute Gasteiger partial charge is 0.462 e. The third kappa shape index (κ3) is 2.57. The Morgan fingerprint density at radius 3 is 2.90 bits per heavy atom. The average Bonchev–Trinajstić information content (AvgIpc) is 3.08. The highest BCUT2D eigenvalue weighted by Crippen LogP contribution is 2.26. The van der Waals surface area contributed by atoms with E-state index in [4.69, 9.17) is 4.42 Å². The summed E-state index contributed by atoms with van der Waals surface area (Å²) >= 11 is 1.18. The number of furan rings is 1. The second-order valence-electron chi connectivity index (χ2n) is 3.85. The lowest BCUT2D eigenvalue weighted by Crippen LogP contribution is -2.11. The summed E-state index contributed by atoms with van der Waals surface area (Å²) in [7, 11) is 0. The Bertz CT molecular complexity index is 740. The molecule has 3 aromatic rings. The van der Waals surface area contributed by atoms with Crippen LogP contribution in [0, 0.1) is 5.82 Å². The first kappa shape index (κ1) is 12.5. The lowest BCUT2D eigenvalue weighted by atomic mass is 10.2. The quantitative estimate of drug-likeness (QED) is 0.804. The van der Waals surface area contributed by atoms with Crippen molar-refractivity contribution in [3.63, 3.8) is 0 Å². The van der Waals surface area contributed by atoms with Gasteiger partial charge in [0.05, 0.1) is 6.26 Å². The minimum absolute atomic E-state index is 0.222. The zero-order valence-corrected chi connectivity index (χ0v) is 10.9. The molecule has 0 radical (unpaired) electrons. The summed E-state index contributed by atoms with van der Waals surface area (Å²) in [4.78, 5) is 11.9. The number of benzene rings is 1. The second kappa shape index (κ2) is 5.22. The normalized spacial score (nSPS) is 10.4. The van der Waals surface area contributed by atoms with Crippen LogP contribution in [0.15, 0.2) is 47.1 Å². The van der Waals surface area contributed by atoms with E-state index in [1.807, 2.05) is 0 Å². The maximum atomic E-state index is 13.0. The number of hydrogen-bond donors (Lipinski definition) is 1. The Kier molecular flexibility index (Phi) is 3.26. The number of anilines is 1. The van der Waals surface area contributed by atoms with Crippen LogP contribution in [0.4, 0.5) is 9.52 Å². The molecule has 0 fully saturated rings. The van der Waals surface area contributed by atoms with Gasteiger partial charge in [0.2, 0.25) is 5.13 Å². The monoisotopic (exact) mass is 289 g/mol. The predicted octanol–water partition coefficient (Wildman–Crippen LogP) is 3.19. The van der Waals surface area contributed by atoms with Crippen LogP contribution in [-0.2, 0) is 0 Å². The molecule has 100 valence electrons. The van der Waals surface area contributed by atoms with Gasteiger partial charge in [-0.1, -0.05) is 17.4 Å². The highest BCUT2D eigenvalue weighted by Gasteiger charge is 2.12. The molecule has 20 heavy (non-hydrogen) atoms. The number of aromatic nitrogens is 2. The molecule has 2 heterocycles. The van der Waals surface area contributed by atoms with Gasteiger partial charge >= 0.3 is 0 Å². The first-order chi connectivity index (χ1) is 9.72. The fourth-order valence-corrected chi connectivity index (χ4v) is 2.28. The zero-order chi connectivity index (χ0) is 13.9. The van der Waals surface area contributed by atoms with Crippen LogP contribution in [0.2, 0.25) is 0 Å². The third-order valence-corrected chi connectivity index (χ3v) is 3.32. The molecule has 0 unspecified atom stereocenters. The Morgan fingerprint density at radius 1 is 1.25 bits per heavy atom. The molecule has 0 atom stereocenters. The standard InChI is InChI=1S/C13H8FN3O2S/c14-9-4-1-3-8(7-9)11(18)15-13-17-16-12(20-13)10-5-2-6-19-10/h1-7H,(H,15,17,18). The van der Waals surface area contributed by atoms with Crippen molar-refractivity contribution in [1.82, 2.24) is 10.2 Å². The fourth-order valence-electron chi connectivity index (χ4n) is 1.57. The Morgan fingerprint density at radius 2 is 2.15 bits per heavy atom. The summed E-state index contributed by atoms with van der Waals surface area (Å²) in [6, 6.07) is 8.91. The minimum atomic E-state index is -0.466. The van der Waals surface area contributed by atoms with E-state index >= 15 is 0 Å². The van der Waals surface area contributed by atoms with E-state index in [9.17, 15) is 9.18 Å². The molecule has 5 nitrogen and oxygen atoms in total. The summed E-state index contributed by atoms with van der Waals surface area (Å²) in [6.07, 6.45) is 1.53. The summed E-state index contributed by atoms with van der Waals surface area (Å²) in [5, 5.41) is 11.2. The molecule has 0 aliphatic heterocycles. The number of amides is 1. The summed E-state index contributed by atoms with van der Waals surface area (Å²) in [5.74, 6) is -0.327. The Labute approximate surface area is 117 Å². The fraction of sp³-hybridized carbons (Fsp3) is 0. The number of nitrogens with one attached hydrogen (secondary N) is 1. The van der Waals surface area contributed by atoms with E-state index in [1.54, 1.807) is 12.1 Å². The van der Waals surface area contributed by atoms with E-state index in [-0.39, 0.29) is 5.56 Å². The highest BCUT2D eigenvalue weighted by molar-refractivity contribution is 7.18. The molecule has 0 spiro atoms. The number of carbonyl (C=O) groups excluding carboxylic acids is 1. The van der Waals surface area contributed by atoms with Crippen LogP contribution in [0.5, 0.6) is 0 Å². The van der Waals surface area contributed by atoms with Crippen molar-refractivity contribution in [3.05, 3.63) is 54.0 Å². The molecule has 0 saturated carbocycles. The maximum Gasteiger partial charge on any atom is 0.257 e. The first-order valence-corrected chi connectivity index (χ1v) is 6.48. The van der Waals surface area contributed by atoms with Gasteiger partial charge in [0.15, 0.2) is 10.8 Å². The lowest BCUT2D eigenvalue weighted by molar-refractivity contribution is 0.102. The molecular formula is C13H8FN3O2S. The summed E-state index contributed by atoms with van der Waals surface area (Å²) in [6.45, 7) is 0. The van der Waals surface area contributed by atoms with Gasteiger partial charge in [0, 0.05) is 5.56 Å². The van der Waals surface area contributed by atoms with Crippen LogP contribution < -0.4 is 5.32 Å². The van der Waals surface area contributed by atoms with Crippen LogP contribution >= 0.6 is 11.3 Å². The number of carbonyl (C=O) groups is 1. The van der Waals surface area contributed by atoms with Crippen molar-refractivity contribution < 1.29 is 13.6 Å². The van der Waals surface area contributed by atoms with Crippen LogP contribution in [-0.4, -0.2) is 16.1 Å². The van der Waals surface area contributed by atoms with Crippen molar-refractivity contribution in [2.75, 3.05) is 5.32 Å². The second-order valence-corrected chi connectivity index (χ2v) is 4.83. The molecule has 0 saturated heterocycles. The number of rotatable bonds is 3. The van der Waals surface area contributed by atoms with E-state index < -0.39 is 11.7 Å².